The summed E-state index contributed by atoms with van der Waals surface area (Å²) in [4.78, 5) is 9.40. The van der Waals surface area contributed by atoms with Gasteiger partial charge in [0.05, 0.1) is 22.5 Å². The Morgan fingerprint density at radius 2 is 2.05 bits per heavy atom. The van der Waals surface area contributed by atoms with E-state index >= 15 is 0 Å². The lowest BCUT2D eigenvalue weighted by Gasteiger charge is -2.11. The molecule has 1 aromatic rings. The molecule has 1 aromatic carbocycles. The molecule has 0 saturated carbocycles. The zero-order valence-corrected chi connectivity index (χ0v) is 12.7. The molecule has 1 rings (SSSR count). The second-order valence-corrected chi connectivity index (χ2v) is 6.38. The standard InChI is InChI=1S/C12H17FN2O5S/c1-8(2)20-5-4-14-21(18,19)12-7-11(15(16)17)10(13)6-9(12)3/h6-8,14H,4-5H2,1-3H3. The number of benzene rings is 1. The highest BCUT2D eigenvalue weighted by Gasteiger charge is 2.24. The van der Waals surface area contributed by atoms with E-state index in [0.29, 0.717) is 0 Å². The van der Waals surface area contributed by atoms with Crippen molar-refractivity contribution < 1.29 is 22.5 Å². The summed E-state index contributed by atoms with van der Waals surface area (Å²) in [6, 6.07) is 1.55. The van der Waals surface area contributed by atoms with Crippen LogP contribution >= 0.6 is 0 Å². The highest BCUT2D eigenvalue weighted by atomic mass is 32.2. The Morgan fingerprint density at radius 3 is 2.57 bits per heavy atom. The van der Waals surface area contributed by atoms with E-state index in [1.165, 1.54) is 6.92 Å². The van der Waals surface area contributed by atoms with Gasteiger partial charge >= 0.3 is 5.69 Å². The summed E-state index contributed by atoms with van der Waals surface area (Å²) in [5.74, 6) is -1.07. The average Bonchev–Trinajstić information content (AvgIpc) is 2.33. The van der Waals surface area contributed by atoms with Crippen LogP contribution in [-0.2, 0) is 14.8 Å². The molecule has 0 heterocycles. The zero-order chi connectivity index (χ0) is 16.2. The molecule has 0 amide bonds. The molecule has 7 nitrogen and oxygen atoms in total. The van der Waals surface area contributed by atoms with Crippen LogP contribution in [0.5, 0.6) is 0 Å². The van der Waals surface area contributed by atoms with E-state index in [4.69, 9.17) is 4.74 Å². The number of nitro benzene ring substituents is 1. The Kier molecular flexibility index (Phi) is 5.76. The number of hydrogen-bond donors (Lipinski definition) is 1. The van der Waals surface area contributed by atoms with Crippen molar-refractivity contribution in [3.8, 4) is 0 Å². The van der Waals surface area contributed by atoms with Crippen LogP contribution in [0.25, 0.3) is 0 Å². The molecule has 9 heteroatoms. The fourth-order valence-corrected chi connectivity index (χ4v) is 2.88. The van der Waals surface area contributed by atoms with Crippen molar-refractivity contribution in [2.75, 3.05) is 13.2 Å². The van der Waals surface area contributed by atoms with Gasteiger partial charge in [-0.2, -0.15) is 4.39 Å². The molecule has 0 aliphatic heterocycles. The van der Waals surface area contributed by atoms with Crippen LogP contribution in [0.1, 0.15) is 19.4 Å². The molecule has 0 bridgehead atoms. The van der Waals surface area contributed by atoms with E-state index in [0.717, 1.165) is 12.1 Å². The van der Waals surface area contributed by atoms with Crippen LogP contribution in [0.2, 0.25) is 0 Å². The maximum atomic E-state index is 13.4. The van der Waals surface area contributed by atoms with Gasteiger partial charge in [0.1, 0.15) is 0 Å². The Hall–Kier alpha value is -1.58. The molecular formula is C12H17FN2O5S. The monoisotopic (exact) mass is 320 g/mol. The molecule has 0 atom stereocenters. The quantitative estimate of drug-likeness (QED) is 0.469. The Labute approximate surface area is 122 Å². The van der Waals surface area contributed by atoms with Gasteiger partial charge in [0.2, 0.25) is 15.8 Å². The first-order chi connectivity index (χ1) is 9.65. The van der Waals surface area contributed by atoms with Crippen LogP contribution in [0.15, 0.2) is 17.0 Å². The van der Waals surface area contributed by atoms with Crippen LogP contribution in [0, 0.1) is 22.9 Å². The summed E-state index contributed by atoms with van der Waals surface area (Å²) in [7, 11) is -3.96. The minimum atomic E-state index is -3.96. The summed E-state index contributed by atoms with van der Waals surface area (Å²) in [6.07, 6.45) is -0.0388. The van der Waals surface area contributed by atoms with Crippen molar-refractivity contribution in [1.82, 2.24) is 4.72 Å². The normalized spacial score (nSPS) is 11.9. The first-order valence-electron chi connectivity index (χ1n) is 6.21. The Bertz CT molecular complexity index is 631. The number of hydrogen-bond acceptors (Lipinski definition) is 5. The molecule has 0 fully saturated rings. The van der Waals surface area contributed by atoms with E-state index in [1.807, 2.05) is 13.8 Å². The summed E-state index contributed by atoms with van der Waals surface area (Å²) in [6.45, 7) is 5.17. The van der Waals surface area contributed by atoms with Crippen LogP contribution in [0.3, 0.4) is 0 Å². The number of rotatable bonds is 7. The van der Waals surface area contributed by atoms with Gasteiger partial charge in [-0.1, -0.05) is 0 Å². The van der Waals surface area contributed by atoms with Crippen LogP contribution in [-0.4, -0.2) is 32.6 Å². The lowest BCUT2D eigenvalue weighted by molar-refractivity contribution is -0.387. The minimum Gasteiger partial charge on any atom is -0.377 e. The van der Waals surface area contributed by atoms with Gasteiger partial charge in [0.25, 0.3) is 0 Å². The van der Waals surface area contributed by atoms with Crippen molar-refractivity contribution in [1.29, 1.82) is 0 Å². The van der Waals surface area contributed by atoms with E-state index in [-0.39, 0.29) is 29.7 Å². The fourth-order valence-electron chi connectivity index (χ4n) is 1.62. The SMILES string of the molecule is Cc1cc(F)c([N+](=O)[O-])cc1S(=O)(=O)NCCOC(C)C. The summed E-state index contributed by atoms with van der Waals surface area (Å²) < 4.78 is 45.0. The van der Waals surface area contributed by atoms with E-state index in [9.17, 15) is 22.9 Å². The van der Waals surface area contributed by atoms with Crippen molar-refractivity contribution >= 4 is 15.7 Å². The van der Waals surface area contributed by atoms with Crippen molar-refractivity contribution in [3.05, 3.63) is 33.6 Å². The van der Waals surface area contributed by atoms with Crippen LogP contribution in [0.4, 0.5) is 10.1 Å². The number of nitrogens with one attached hydrogen (secondary N) is 1. The molecule has 21 heavy (non-hydrogen) atoms. The third-order valence-electron chi connectivity index (χ3n) is 2.58. The number of sulfonamides is 1. The van der Waals surface area contributed by atoms with Gasteiger partial charge in [-0.05, 0) is 32.4 Å². The van der Waals surface area contributed by atoms with E-state index in [1.54, 1.807) is 0 Å². The van der Waals surface area contributed by atoms with Gasteiger partial charge in [0, 0.05) is 12.6 Å². The Balaban J connectivity index is 2.97. The van der Waals surface area contributed by atoms with Crippen molar-refractivity contribution in [2.24, 2.45) is 0 Å². The largest absolute Gasteiger partial charge is 0.377 e. The molecule has 0 unspecified atom stereocenters. The third-order valence-corrected chi connectivity index (χ3v) is 4.18. The van der Waals surface area contributed by atoms with Crippen LogP contribution < -0.4 is 4.72 Å². The maximum absolute atomic E-state index is 13.4. The predicted molar refractivity (Wildman–Crippen MR) is 74.1 cm³/mol. The molecule has 0 aromatic heterocycles. The lowest BCUT2D eigenvalue weighted by atomic mass is 10.2. The number of aryl methyl sites for hydroxylation is 1. The zero-order valence-electron chi connectivity index (χ0n) is 11.9. The first kappa shape index (κ1) is 17.5. The van der Waals surface area contributed by atoms with Crippen molar-refractivity contribution in [2.45, 2.75) is 31.8 Å². The van der Waals surface area contributed by atoms with E-state index < -0.39 is 26.5 Å². The maximum Gasteiger partial charge on any atom is 0.306 e. The number of halogens is 1. The highest BCUT2D eigenvalue weighted by molar-refractivity contribution is 7.89. The summed E-state index contributed by atoms with van der Waals surface area (Å²) in [5, 5.41) is 10.7. The predicted octanol–water partition coefficient (Wildman–Crippen LogP) is 1.75. The van der Waals surface area contributed by atoms with Gasteiger partial charge in [0.15, 0.2) is 0 Å². The molecule has 0 spiro atoms. The lowest BCUT2D eigenvalue weighted by Crippen LogP contribution is -2.29. The molecule has 0 aliphatic rings. The smallest absolute Gasteiger partial charge is 0.306 e. The Morgan fingerprint density at radius 1 is 1.43 bits per heavy atom. The number of ether oxygens (including phenoxy) is 1. The highest BCUT2D eigenvalue weighted by Crippen LogP contribution is 2.25. The molecule has 118 valence electrons. The van der Waals surface area contributed by atoms with Gasteiger partial charge < -0.3 is 4.74 Å². The second-order valence-electron chi connectivity index (χ2n) is 4.64. The molecule has 0 radical (unpaired) electrons. The second kappa shape index (κ2) is 6.92. The summed E-state index contributed by atoms with van der Waals surface area (Å²) in [5.41, 5.74) is -0.783. The van der Waals surface area contributed by atoms with Gasteiger partial charge in [-0.3, -0.25) is 10.1 Å². The van der Waals surface area contributed by atoms with E-state index in [2.05, 4.69) is 4.72 Å². The molecule has 0 saturated heterocycles. The number of nitro groups is 1. The minimum absolute atomic E-state index is 0.0190. The molecule has 0 aliphatic carbocycles. The number of nitrogens with zero attached hydrogens (tertiary/aromatic N) is 1. The van der Waals surface area contributed by atoms with Gasteiger partial charge in [-0.15, -0.1) is 0 Å². The summed E-state index contributed by atoms with van der Waals surface area (Å²) >= 11 is 0. The third kappa shape index (κ3) is 4.73. The first-order valence-corrected chi connectivity index (χ1v) is 7.69. The average molecular weight is 320 g/mol. The fraction of sp³-hybridized carbons (Fsp3) is 0.500. The topological polar surface area (TPSA) is 98.5 Å². The molecule has 1 N–H and O–H groups in total. The van der Waals surface area contributed by atoms with Crippen molar-refractivity contribution in [3.63, 3.8) is 0 Å². The van der Waals surface area contributed by atoms with Gasteiger partial charge in [-0.25, -0.2) is 13.1 Å². The molecular weight excluding hydrogens is 303 g/mol.